The Morgan fingerprint density at radius 2 is 1.30 bits per heavy atom. The highest BCUT2D eigenvalue weighted by atomic mass is 16.3. The maximum atomic E-state index is 9.22. The number of fused-ring (bicyclic) bond motifs is 3. The summed E-state index contributed by atoms with van der Waals surface area (Å²) in [6.45, 7) is 0. The number of aromatic nitrogens is 3. The van der Waals surface area contributed by atoms with Gasteiger partial charge in [-0.3, -0.25) is 0 Å². The summed E-state index contributed by atoms with van der Waals surface area (Å²) in [5.41, 5.74) is 0.0978. The normalized spacial score (nSPS) is 20.5. The van der Waals surface area contributed by atoms with Crippen molar-refractivity contribution in [2.45, 2.75) is 6.40 Å². The molecule has 8 rings (SSSR count). The fourth-order valence-corrected chi connectivity index (χ4v) is 4.77. The number of para-hydroxylation sites is 1. The van der Waals surface area contributed by atoms with Crippen LogP contribution >= 0.6 is 0 Å². The molecule has 0 bridgehead atoms. The summed E-state index contributed by atoms with van der Waals surface area (Å²) in [7, 11) is 0. The maximum Gasteiger partial charge on any atom is 0.164 e. The molecule has 2 heterocycles. The van der Waals surface area contributed by atoms with Crippen LogP contribution in [0.15, 0.2) is 156 Å². The van der Waals surface area contributed by atoms with Crippen LogP contribution in [0, 0.1) is 0 Å². The van der Waals surface area contributed by atoms with Crippen molar-refractivity contribution in [3.63, 3.8) is 0 Å². The largest absolute Gasteiger partial charge is 0.456 e. The molecule has 0 spiro atoms. The van der Waals surface area contributed by atoms with Gasteiger partial charge in [-0.2, -0.15) is 0 Å². The second-order valence-corrected chi connectivity index (χ2v) is 9.50. The number of hydrogen-bond acceptors (Lipinski definition) is 4. The van der Waals surface area contributed by atoms with Crippen molar-refractivity contribution in [1.82, 2.24) is 15.0 Å². The van der Waals surface area contributed by atoms with Crippen LogP contribution in [0.5, 0.6) is 0 Å². The molecule has 0 saturated heterocycles. The molecule has 0 fully saturated rings. The van der Waals surface area contributed by atoms with Gasteiger partial charge in [-0.05, 0) is 40.8 Å². The van der Waals surface area contributed by atoms with Crippen molar-refractivity contribution in [3.05, 3.63) is 157 Å². The lowest BCUT2D eigenvalue weighted by atomic mass is 9.98. The lowest BCUT2D eigenvalue weighted by Gasteiger charge is -2.10. The minimum atomic E-state index is -1.32. The first-order chi connectivity index (χ1) is 28.4. The van der Waals surface area contributed by atoms with Crippen molar-refractivity contribution in [1.29, 1.82) is 0 Å². The predicted molar refractivity (Wildman–Crippen MR) is 180 cm³/mol. The van der Waals surface area contributed by atoms with E-state index in [0.29, 0.717) is 21.9 Å². The molecule has 4 heteroatoms. The van der Waals surface area contributed by atoms with E-state index in [9.17, 15) is 5.48 Å². The number of allylic oxidation sites excluding steroid dienone is 6. The molecule has 1 aliphatic carbocycles. The summed E-state index contributed by atoms with van der Waals surface area (Å²) in [5, 5.41) is 0.746. The third kappa shape index (κ3) is 4.83. The van der Waals surface area contributed by atoms with E-state index in [-0.39, 0.29) is 51.8 Å². The van der Waals surface area contributed by atoms with Gasteiger partial charge in [0.15, 0.2) is 17.5 Å². The van der Waals surface area contributed by atoms with Gasteiger partial charge in [0.25, 0.3) is 0 Å². The van der Waals surface area contributed by atoms with Crippen LogP contribution in [0.3, 0.4) is 0 Å². The van der Waals surface area contributed by atoms with Gasteiger partial charge in [-0.25, -0.2) is 15.0 Å². The van der Waals surface area contributed by atoms with Crippen molar-refractivity contribution in [2.24, 2.45) is 0 Å². The third-order valence-electron chi connectivity index (χ3n) is 6.82. The first kappa shape index (κ1) is 14.1. The molecule has 208 valence electrons. The van der Waals surface area contributed by atoms with E-state index < -0.39 is 102 Å². The Hall–Kier alpha value is -5.87. The van der Waals surface area contributed by atoms with Crippen molar-refractivity contribution in [3.8, 4) is 45.3 Å². The minimum Gasteiger partial charge on any atom is -0.456 e. The zero-order chi connectivity index (χ0) is 43.2. The summed E-state index contributed by atoms with van der Waals surface area (Å²) in [4.78, 5) is 13.4. The average molecular weight is 582 g/mol. The maximum absolute atomic E-state index is 9.22. The summed E-state index contributed by atoms with van der Waals surface area (Å²) in [6, 6.07) is 6.05. The SMILES string of the molecule is [2H]C1=CC([2H])C([2H])=C([2H])C([2H])=C1c1ccc(-c2nc(-c3c([2H])c([2H])c([2H])c([2H])c3[2H])nc(-c3c([2H])c([2H])c(-c4c([2H])ccc5oc6ccc([2H])cc6c45)c([2H])c3[2H])n2)cc1. The molecule has 1 aliphatic rings. The fourth-order valence-electron chi connectivity index (χ4n) is 4.77. The van der Waals surface area contributed by atoms with Crippen LogP contribution in [-0.2, 0) is 0 Å². The predicted octanol–water partition coefficient (Wildman–Crippen LogP) is 10.3. The number of nitrogens with zero attached hydrogens (tertiary/aromatic N) is 3. The highest BCUT2D eigenvalue weighted by molar-refractivity contribution is 6.12. The quantitative estimate of drug-likeness (QED) is 0.203. The molecule has 0 saturated carbocycles. The Morgan fingerprint density at radius 1 is 0.614 bits per heavy atom. The van der Waals surface area contributed by atoms with Gasteiger partial charge in [0, 0.05) is 28.8 Å². The second kappa shape index (κ2) is 11.1. The molecular weight excluding hydrogens is 538 g/mol. The van der Waals surface area contributed by atoms with Gasteiger partial charge >= 0.3 is 0 Å². The van der Waals surface area contributed by atoms with Crippen LogP contribution in [0.2, 0.25) is 0 Å². The molecule has 44 heavy (non-hydrogen) atoms. The lowest BCUT2D eigenvalue weighted by molar-refractivity contribution is 0.669. The molecule has 0 N–H and O–H groups in total. The monoisotopic (exact) mass is 581 g/mol. The summed E-state index contributed by atoms with van der Waals surface area (Å²) in [5.74, 6) is -1.08. The van der Waals surface area contributed by atoms with E-state index in [1.165, 1.54) is 42.5 Å². The van der Waals surface area contributed by atoms with Crippen LogP contribution in [0.25, 0.3) is 72.8 Å². The van der Waals surface area contributed by atoms with E-state index in [0.717, 1.165) is 6.08 Å². The molecule has 1 unspecified atom stereocenters. The Balaban J connectivity index is 1.36. The Labute approximate surface area is 277 Å². The van der Waals surface area contributed by atoms with Crippen molar-refractivity contribution < 1.29 is 26.3 Å². The molecule has 2 aromatic heterocycles. The van der Waals surface area contributed by atoms with Crippen LogP contribution in [-0.4, -0.2) is 15.0 Å². The minimum absolute atomic E-state index is 0.0129. The molecule has 4 nitrogen and oxygen atoms in total. The molecular formula is C40H27N3O. The summed E-state index contributed by atoms with van der Waals surface area (Å²) in [6.07, 6.45) is -0.173. The molecule has 7 aromatic rings. The topological polar surface area (TPSA) is 51.8 Å². The molecule has 0 radical (unpaired) electrons. The smallest absolute Gasteiger partial charge is 0.164 e. The number of furan rings is 1. The van der Waals surface area contributed by atoms with E-state index in [4.69, 9.17) is 20.9 Å². The first-order valence-corrected chi connectivity index (χ1v) is 13.4. The number of benzene rings is 5. The molecule has 5 aromatic carbocycles. The van der Waals surface area contributed by atoms with Gasteiger partial charge in [0.05, 0.1) is 20.6 Å². The second-order valence-electron chi connectivity index (χ2n) is 9.50. The van der Waals surface area contributed by atoms with E-state index in [1.807, 2.05) is 0 Å². The average Bonchev–Trinajstić information content (AvgIpc) is 3.56. The van der Waals surface area contributed by atoms with Crippen LogP contribution in [0.4, 0.5) is 0 Å². The molecule has 0 amide bonds. The van der Waals surface area contributed by atoms with E-state index >= 15 is 0 Å². The Bertz CT molecular complexity index is 3060. The van der Waals surface area contributed by atoms with E-state index in [2.05, 4.69) is 15.0 Å². The number of rotatable bonds is 5. The first-order valence-electron chi connectivity index (χ1n) is 21.5. The van der Waals surface area contributed by atoms with E-state index in [1.54, 1.807) is 12.1 Å². The zero-order valence-corrected chi connectivity index (χ0v) is 22.6. The fraction of sp³-hybridized carbons (Fsp3) is 0.0250. The van der Waals surface area contributed by atoms with Gasteiger partial charge < -0.3 is 4.42 Å². The summed E-state index contributed by atoms with van der Waals surface area (Å²) >= 11 is 0. The summed E-state index contributed by atoms with van der Waals surface area (Å²) < 4.78 is 143. The molecule has 0 aliphatic heterocycles. The van der Waals surface area contributed by atoms with Crippen molar-refractivity contribution in [2.75, 3.05) is 0 Å². The Morgan fingerprint density at radius 3 is 2.09 bits per heavy atom. The van der Waals surface area contributed by atoms with Gasteiger partial charge in [-0.1, -0.05) is 139 Å². The third-order valence-corrected chi connectivity index (χ3v) is 6.82. The number of hydrogen-bond donors (Lipinski definition) is 0. The van der Waals surface area contributed by atoms with Crippen LogP contribution in [0.1, 0.15) is 33.9 Å². The Kier molecular flexibility index (Phi) is 3.54. The van der Waals surface area contributed by atoms with Gasteiger partial charge in [0.1, 0.15) is 11.2 Å². The zero-order valence-electron chi connectivity index (χ0n) is 38.6. The molecule has 1 atom stereocenters. The highest BCUT2D eigenvalue weighted by Crippen LogP contribution is 2.37. The lowest BCUT2D eigenvalue weighted by Crippen LogP contribution is -2.00. The standard InChI is InChI=1S/C40H27N3O/c1-2-5-12-27(11-4-1)28-19-23-31(24-20-28)39-41-38(30-13-6-3-7-14-30)42-40(43-39)32-25-21-29(22-26-32)33-16-10-18-36-37(33)34-15-8-9-17-35(34)44-36/h1,3-26H,2H2/i1D,2D,3D,4D,6D,7D,8D,11D,12D,13D,14D,16D,21D,22D,25D,26D. The van der Waals surface area contributed by atoms with Crippen LogP contribution < -0.4 is 0 Å². The highest BCUT2D eigenvalue weighted by Gasteiger charge is 2.15. The van der Waals surface area contributed by atoms with Gasteiger partial charge in [-0.15, -0.1) is 0 Å². The van der Waals surface area contributed by atoms with Gasteiger partial charge in [0.2, 0.25) is 0 Å². The van der Waals surface area contributed by atoms with Crippen molar-refractivity contribution >= 4 is 27.5 Å².